The number of aliphatic carboxylic acids is 1. The third-order valence-electron chi connectivity index (χ3n) is 2.11. The molecule has 0 saturated carbocycles. The van der Waals surface area contributed by atoms with Gasteiger partial charge >= 0.3 is 13.6 Å². The molecule has 7 nitrogen and oxygen atoms in total. The van der Waals surface area contributed by atoms with Crippen molar-refractivity contribution in [3.05, 3.63) is 23.3 Å². The molecule has 0 aliphatic rings. The summed E-state index contributed by atoms with van der Waals surface area (Å²) >= 11 is 0. The van der Waals surface area contributed by atoms with Gasteiger partial charge in [0.1, 0.15) is 5.75 Å². The summed E-state index contributed by atoms with van der Waals surface area (Å²) in [5, 5.41) is 18.2. The van der Waals surface area contributed by atoms with Crippen LogP contribution < -0.4 is 5.73 Å². The van der Waals surface area contributed by atoms with Crippen molar-refractivity contribution in [1.29, 1.82) is 0 Å². The molecule has 0 amide bonds. The number of hydrogen-bond acceptors (Lipinski definition) is 4. The molecular formula is C9H12NO6P. The van der Waals surface area contributed by atoms with Gasteiger partial charge in [-0.2, -0.15) is 0 Å². The number of phenols is 1. The lowest BCUT2D eigenvalue weighted by molar-refractivity contribution is -0.136. The van der Waals surface area contributed by atoms with E-state index in [-0.39, 0.29) is 23.2 Å². The standard InChI is InChI=1S/C9H12NO6P/c10-8-5(3-7(11)12)1-2-6(9(8)13)4-17(14,15)16/h1-2,13H,3-4,10H2,(H,11,12)(H2,14,15,16). The predicted molar refractivity (Wildman–Crippen MR) is 59.6 cm³/mol. The van der Waals surface area contributed by atoms with E-state index in [2.05, 4.69) is 0 Å². The number of carboxylic acid groups (broad SMARTS) is 1. The zero-order chi connectivity index (χ0) is 13.2. The molecule has 0 heterocycles. The highest BCUT2D eigenvalue weighted by Crippen LogP contribution is 2.43. The molecule has 0 atom stereocenters. The van der Waals surface area contributed by atoms with Gasteiger partial charge in [0.25, 0.3) is 0 Å². The third-order valence-corrected chi connectivity index (χ3v) is 2.86. The van der Waals surface area contributed by atoms with E-state index in [0.717, 1.165) is 0 Å². The first-order valence-corrected chi connectivity index (χ1v) is 6.36. The molecule has 1 rings (SSSR count). The molecule has 1 aromatic carbocycles. The van der Waals surface area contributed by atoms with Gasteiger partial charge in [-0.3, -0.25) is 9.36 Å². The molecule has 0 unspecified atom stereocenters. The van der Waals surface area contributed by atoms with Gasteiger partial charge in [-0.15, -0.1) is 0 Å². The SMILES string of the molecule is Nc1c(CC(=O)O)ccc(CP(=O)(O)O)c1O. The Bertz CT molecular complexity index is 495. The number of aromatic hydroxyl groups is 1. The van der Waals surface area contributed by atoms with Crippen LogP contribution in [-0.4, -0.2) is 26.0 Å². The van der Waals surface area contributed by atoms with Crippen molar-refractivity contribution in [2.75, 3.05) is 5.73 Å². The Morgan fingerprint density at radius 3 is 2.29 bits per heavy atom. The minimum Gasteiger partial charge on any atom is -0.505 e. The van der Waals surface area contributed by atoms with Gasteiger partial charge in [0.15, 0.2) is 0 Å². The van der Waals surface area contributed by atoms with Gasteiger partial charge in [-0.05, 0) is 5.56 Å². The molecule has 0 fully saturated rings. The number of carboxylic acids is 1. The maximum Gasteiger partial charge on any atom is 0.330 e. The second-order valence-electron chi connectivity index (χ2n) is 3.54. The molecule has 17 heavy (non-hydrogen) atoms. The Morgan fingerprint density at radius 2 is 1.82 bits per heavy atom. The molecule has 0 aliphatic carbocycles. The van der Waals surface area contributed by atoms with Gasteiger partial charge in [-0.1, -0.05) is 12.1 Å². The molecule has 0 radical (unpaired) electrons. The molecular weight excluding hydrogens is 249 g/mol. The molecule has 0 saturated heterocycles. The van der Waals surface area contributed by atoms with Crippen LogP contribution in [0.15, 0.2) is 12.1 Å². The number of phenolic OH excluding ortho intramolecular Hbond substituents is 1. The fraction of sp³-hybridized carbons (Fsp3) is 0.222. The minimum absolute atomic E-state index is 0.00929. The lowest BCUT2D eigenvalue weighted by Gasteiger charge is -2.11. The zero-order valence-electron chi connectivity index (χ0n) is 8.70. The van der Waals surface area contributed by atoms with E-state index >= 15 is 0 Å². The molecule has 0 bridgehead atoms. The van der Waals surface area contributed by atoms with Crippen LogP contribution in [-0.2, 0) is 21.9 Å². The first kappa shape index (κ1) is 13.5. The topological polar surface area (TPSA) is 141 Å². The van der Waals surface area contributed by atoms with Gasteiger partial charge in [0.05, 0.1) is 18.3 Å². The van der Waals surface area contributed by atoms with Crippen LogP contribution in [0, 0.1) is 0 Å². The second-order valence-corrected chi connectivity index (χ2v) is 5.19. The summed E-state index contributed by atoms with van der Waals surface area (Å²) in [6.07, 6.45) is -1.01. The summed E-state index contributed by atoms with van der Waals surface area (Å²) in [6.45, 7) is 0. The number of nitrogens with two attached hydrogens (primary N) is 1. The summed E-state index contributed by atoms with van der Waals surface area (Å²) in [5.74, 6) is -1.59. The molecule has 1 aromatic rings. The van der Waals surface area contributed by atoms with Crippen molar-refractivity contribution in [2.24, 2.45) is 0 Å². The highest BCUT2D eigenvalue weighted by Gasteiger charge is 2.19. The highest BCUT2D eigenvalue weighted by atomic mass is 31.2. The Labute approximate surface area is 96.7 Å². The predicted octanol–water partition coefficient (Wildman–Crippen LogP) is 0.279. The number of anilines is 1. The largest absolute Gasteiger partial charge is 0.505 e. The zero-order valence-corrected chi connectivity index (χ0v) is 9.59. The molecule has 0 aromatic heterocycles. The van der Waals surface area contributed by atoms with Crippen LogP contribution in [0.2, 0.25) is 0 Å². The van der Waals surface area contributed by atoms with E-state index in [4.69, 9.17) is 20.6 Å². The molecule has 8 heteroatoms. The fourth-order valence-corrected chi connectivity index (χ4v) is 2.06. The highest BCUT2D eigenvalue weighted by molar-refractivity contribution is 7.50. The average molecular weight is 261 g/mol. The molecule has 0 spiro atoms. The quantitative estimate of drug-likeness (QED) is 0.297. The van der Waals surface area contributed by atoms with E-state index in [1.807, 2.05) is 0 Å². The Morgan fingerprint density at radius 1 is 1.29 bits per heavy atom. The van der Waals surface area contributed by atoms with E-state index < -0.39 is 25.5 Å². The van der Waals surface area contributed by atoms with Crippen LogP contribution in [0.5, 0.6) is 5.75 Å². The van der Waals surface area contributed by atoms with Crippen molar-refractivity contribution in [3.8, 4) is 5.75 Å². The summed E-state index contributed by atoms with van der Waals surface area (Å²) in [5.41, 5.74) is 5.51. The fourth-order valence-electron chi connectivity index (χ4n) is 1.36. The summed E-state index contributed by atoms with van der Waals surface area (Å²) in [7, 11) is -4.31. The maximum atomic E-state index is 10.8. The van der Waals surface area contributed by atoms with Gasteiger partial charge in [0.2, 0.25) is 0 Å². The number of hydrogen-bond donors (Lipinski definition) is 5. The van der Waals surface area contributed by atoms with Crippen LogP contribution in [0.4, 0.5) is 5.69 Å². The summed E-state index contributed by atoms with van der Waals surface area (Å²) < 4.78 is 10.8. The first-order valence-electron chi connectivity index (χ1n) is 4.56. The third kappa shape index (κ3) is 3.74. The lowest BCUT2D eigenvalue weighted by atomic mass is 10.1. The Kier molecular flexibility index (Phi) is 3.77. The van der Waals surface area contributed by atoms with Crippen LogP contribution in [0.1, 0.15) is 11.1 Å². The number of benzene rings is 1. The van der Waals surface area contributed by atoms with E-state index in [1.165, 1.54) is 12.1 Å². The van der Waals surface area contributed by atoms with E-state index in [0.29, 0.717) is 0 Å². The monoisotopic (exact) mass is 261 g/mol. The van der Waals surface area contributed by atoms with Crippen molar-refractivity contribution in [3.63, 3.8) is 0 Å². The Hall–Kier alpha value is -1.56. The Balaban J connectivity index is 3.10. The number of nitrogen functional groups attached to an aromatic ring is 1. The minimum atomic E-state index is -4.31. The molecule has 6 N–H and O–H groups in total. The molecule has 94 valence electrons. The van der Waals surface area contributed by atoms with E-state index in [9.17, 15) is 14.5 Å². The number of rotatable bonds is 4. The van der Waals surface area contributed by atoms with Gasteiger partial charge in [0, 0.05) is 5.56 Å². The lowest BCUT2D eigenvalue weighted by Crippen LogP contribution is -2.04. The smallest absolute Gasteiger partial charge is 0.330 e. The van der Waals surface area contributed by atoms with Crippen molar-refractivity contribution in [1.82, 2.24) is 0 Å². The molecule has 0 aliphatic heterocycles. The van der Waals surface area contributed by atoms with Gasteiger partial charge < -0.3 is 25.7 Å². The summed E-state index contributed by atoms with van der Waals surface area (Å²) in [4.78, 5) is 28.0. The van der Waals surface area contributed by atoms with Crippen molar-refractivity contribution < 1.29 is 29.4 Å². The van der Waals surface area contributed by atoms with Crippen molar-refractivity contribution in [2.45, 2.75) is 12.6 Å². The first-order chi connectivity index (χ1) is 7.70. The van der Waals surface area contributed by atoms with E-state index in [1.54, 1.807) is 0 Å². The normalized spacial score (nSPS) is 11.4. The van der Waals surface area contributed by atoms with Gasteiger partial charge in [-0.25, -0.2) is 0 Å². The summed E-state index contributed by atoms with van der Waals surface area (Å²) in [6, 6.07) is 2.58. The second kappa shape index (κ2) is 4.75. The number of carbonyl (C=O) groups is 1. The van der Waals surface area contributed by atoms with Crippen LogP contribution >= 0.6 is 7.60 Å². The van der Waals surface area contributed by atoms with Crippen LogP contribution in [0.3, 0.4) is 0 Å². The van der Waals surface area contributed by atoms with Crippen LogP contribution in [0.25, 0.3) is 0 Å². The maximum absolute atomic E-state index is 10.8. The van der Waals surface area contributed by atoms with Crippen molar-refractivity contribution >= 4 is 19.3 Å². The average Bonchev–Trinajstić information content (AvgIpc) is 2.15.